The van der Waals surface area contributed by atoms with Gasteiger partial charge in [0.15, 0.2) is 0 Å². The van der Waals surface area contributed by atoms with Crippen LogP contribution in [0.25, 0.3) is 0 Å². The van der Waals surface area contributed by atoms with E-state index in [0.29, 0.717) is 5.92 Å². The maximum atomic E-state index is 9.66. The molecule has 0 fully saturated rings. The lowest BCUT2D eigenvalue weighted by atomic mass is 9.81. The van der Waals surface area contributed by atoms with Crippen molar-refractivity contribution in [3.8, 4) is 0 Å². The van der Waals surface area contributed by atoms with Crippen LogP contribution in [0.4, 0.5) is 0 Å². The first kappa shape index (κ1) is 9.79. The molecule has 1 aliphatic rings. The van der Waals surface area contributed by atoms with Crippen molar-refractivity contribution in [3.63, 3.8) is 0 Å². The Morgan fingerprint density at radius 1 is 1.42 bits per heavy atom. The molecule has 0 saturated heterocycles. The molecule has 0 aromatic rings. The molecule has 0 amide bonds. The average Bonchev–Trinajstić information content (AvgIpc) is 2.08. The summed E-state index contributed by atoms with van der Waals surface area (Å²) in [6, 6.07) is 0. The molecule has 0 saturated carbocycles. The summed E-state index contributed by atoms with van der Waals surface area (Å²) in [7, 11) is 0. The van der Waals surface area contributed by atoms with E-state index < -0.39 is 0 Å². The van der Waals surface area contributed by atoms with E-state index in [9.17, 15) is 5.11 Å². The standard InChI is InChI=1S/C11H20O/c1-4-11(12)10-6-5-8(2)9(3)7-10/h10-12H,4-7H2,1-3H3/t10-,11?/m0/s1. The third kappa shape index (κ3) is 2.10. The summed E-state index contributed by atoms with van der Waals surface area (Å²) in [4.78, 5) is 0. The quantitative estimate of drug-likeness (QED) is 0.629. The Kier molecular flexibility index (Phi) is 3.33. The van der Waals surface area contributed by atoms with Crippen molar-refractivity contribution in [2.24, 2.45) is 5.92 Å². The van der Waals surface area contributed by atoms with Crippen molar-refractivity contribution >= 4 is 0 Å². The van der Waals surface area contributed by atoms with Gasteiger partial charge in [0.2, 0.25) is 0 Å². The Labute approximate surface area is 75.5 Å². The fourth-order valence-electron chi connectivity index (χ4n) is 1.95. The highest BCUT2D eigenvalue weighted by molar-refractivity contribution is 5.14. The van der Waals surface area contributed by atoms with E-state index in [1.807, 2.05) is 0 Å². The molecule has 0 aromatic heterocycles. The average molecular weight is 168 g/mol. The largest absolute Gasteiger partial charge is 0.393 e. The number of allylic oxidation sites excluding steroid dienone is 2. The highest BCUT2D eigenvalue weighted by atomic mass is 16.3. The Hall–Kier alpha value is -0.300. The van der Waals surface area contributed by atoms with Crippen LogP contribution in [0.2, 0.25) is 0 Å². The number of hydrogen-bond acceptors (Lipinski definition) is 1. The van der Waals surface area contributed by atoms with Gasteiger partial charge in [-0.05, 0) is 45.4 Å². The number of aliphatic hydroxyl groups is 1. The van der Waals surface area contributed by atoms with Crippen molar-refractivity contribution < 1.29 is 5.11 Å². The Morgan fingerprint density at radius 3 is 2.58 bits per heavy atom. The highest BCUT2D eigenvalue weighted by Crippen LogP contribution is 2.31. The van der Waals surface area contributed by atoms with E-state index in [2.05, 4.69) is 20.8 Å². The van der Waals surface area contributed by atoms with Crippen LogP contribution in [0.1, 0.15) is 46.5 Å². The minimum Gasteiger partial charge on any atom is -0.393 e. The second-order valence-electron chi connectivity index (χ2n) is 4.04. The van der Waals surface area contributed by atoms with Crippen molar-refractivity contribution in [2.75, 3.05) is 0 Å². The van der Waals surface area contributed by atoms with Gasteiger partial charge in [0.25, 0.3) is 0 Å². The maximum absolute atomic E-state index is 9.66. The number of rotatable bonds is 2. The molecule has 70 valence electrons. The number of hydrogen-bond donors (Lipinski definition) is 1. The van der Waals surface area contributed by atoms with Gasteiger partial charge in [-0.3, -0.25) is 0 Å². The predicted molar refractivity (Wildman–Crippen MR) is 52.0 cm³/mol. The summed E-state index contributed by atoms with van der Waals surface area (Å²) in [5.74, 6) is 0.527. The van der Waals surface area contributed by atoms with Crippen molar-refractivity contribution in [2.45, 2.75) is 52.6 Å². The first-order valence-corrected chi connectivity index (χ1v) is 4.98. The van der Waals surface area contributed by atoms with Crippen LogP contribution in [0.15, 0.2) is 11.1 Å². The lowest BCUT2D eigenvalue weighted by Crippen LogP contribution is -2.22. The van der Waals surface area contributed by atoms with Crippen LogP contribution in [-0.2, 0) is 0 Å². The molecule has 0 bridgehead atoms. The monoisotopic (exact) mass is 168 g/mol. The van der Waals surface area contributed by atoms with Gasteiger partial charge in [-0.1, -0.05) is 18.1 Å². The lowest BCUT2D eigenvalue weighted by molar-refractivity contribution is 0.0955. The van der Waals surface area contributed by atoms with E-state index in [1.165, 1.54) is 24.0 Å². The lowest BCUT2D eigenvalue weighted by Gasteiger charge is -2.27. The van der Waals surface area contributed by atoms with Gasteiger partial charge < -0.3 is 5.11 Å². The van der Waals surface area contributed by atoms with Crippen LogP contribution in [0, 0.1) is 5.92 Å². The molecule has 0 radical (unpaired) electrons. The minimum absolute atomic E-state index is 0.0759. The van der Waals surface area contributed by atoms with Gasteiger partial charge in [-0.15, -0.1) is 0 Å². The van der Waals surface area contributed by atoms with Gasteiger partial charge in [0.05, 0.1) is 6.10 Å². The van der Waals surface area contributed by atoms with Crippen molar-refractivity contribution in [1.29, 1.82) is 0 Å². The second kappa shape index (κ2) is 4.08. The van der Waals surface area contributed by atoms with E-state index in [4.69, 9.17) is 0 Å². The molecular weight excluding hydrogens is 148 g/mol. The van der Waals surface area contributed by atoms with E-state index in [0.717, 1.165) is 12.8 Å². The normalized spacial score (nSPS) is 27.5. The highest BCUT2D eigenvalue weighted by Gasteiger charge is 2.21. The minimum atomic E-state index is -0.0759. The van der Waals surface area contributed by atoms with Gasteiger partial charge in [0, 0.05) is 0 Å². The van der Waals surface area contributed by atoms with E-state index in [1.54, 1.807) is 0 Å². The molecule has 0 aromatic carbocycles. The molecule has 12 heavy (non-hydrogen) atoms. The molecule has 1 N–H and O–H groups in total. The molecule has 1 rings (SSSR count). The Balaban J connectivity index is 2.54. The van der Waals surface area contributed by atoms with Crippen LogP contribution in [0.3, 0.4) is 0 Å². The summed E-state index contributed by atoms with van der Waals surface area (Å²) in [5, 5.41) is 9.66. The second-order valence-corrected chi connectivity index (χ2v) is 4.04. The summed E-state index contributed by atoms with van der Waals surface area (Å²) < 4.78 is 0. The zero-order valence-electron chi connectivity index (χ0n) is 8.43. The Morgan fingerprint density at radius 2 is 2.08 bits per heavy atom. The molecule has 0 heterocycles. The van der Waals surface area contributed by atoms with E-state index in [-0.39, 0.29) is 6.10 Å². The van der Waals surface area contributed by atoms with E-state index >= 15 is 0 Å². The van der Waals surface area contributed by atoms with Crippen LogP contribution in [-0.4, -0.2) is 11.2 Å². The van der Waals surface area contributed by atoms with Crippen LogP contribution >= 0.6 is 0 Å². The molecule has 1 heteroatoms. The predicted octanol–water partition coefficient (Wildman–Crippen LogP) is 2.89. The number of aliphatic hydroxyl groups excluding tert-OH is 1. The first-order valence-electron chi connectivity index (χ1n) is 4.98. The summed E-state index contributed by atoms with van der Waals surface area (Å²) in [6.07, 6.45) is 4.30. The van der Waals surface area contributed by atoms with Crippen molar-refractivity contribution in [1.82, 2.24) is 0 Å². The summed E-state index contributed by atoms with van der Waals surface area (Å²) in [6.45, 7) is 6.47. The SMILES string of the molecule is CCC(O)[C@H]1CCC(C)=C(C)C1. The molecule has 2 atom stereocenters. The topological polar surface area (TPSA) is 20.2 Å². The first-order chi connectivity index (χ1) is 5.65. The Bertz CT molecular complexity index is 181. The van der Waals surface area contributed by atoms with Gasteiger partial charge in [-0.2, -0.15) is 0 Å². The summed E-state index contributed by atoms with van der Waals surface area (Å²) in [5.41, 5.74) is 3.04. The third-order valence-electron chi connectivity index (χ3n) is 3.15. The zero-order chi connectivity index (χ0) is 9.14. The van der Waals surface area contributed by atoms with Gasteiger partial charge in [0.1, 0.15) is 0 Å². The molecule has 0 aliphatic heterocycles. The van der Waals surface area contributed by atoms with Gasteiger partial charge >= 0.3 is 0 Å². The smallest absolute Gasteiger partial charge is 0.0568 e. The summed E-state index contributed by atoms with van der Waals surface area (Å²) >= 11 is 0. The molecular formula is C11H20O. The zero-order valence-corrected chi connectivity index (χ0v) is 8.43. The molecule has 1 nitrogen and oxygen atoms in total. The molecule has 0 spiro atoms. The fraction of sp³-hybridized carbons (Fsp3) is 0.818. The van der Waals surface area contributed by atoms with Crippen LogP contribution < -0.4 is 0 Å². The van der Waals surface area contributed by atoms with Crippen LogP contribution in [0.5, 0.6) is 0 Å². The van der Waals surface area contributed by atoms with Crippen molar-refractivity contribution in [3.05, 3.63) is 11.1 Å². The van der Waals surface area contributed by atoms with Gasteiger partial charge in [-0.25, -0.2) is 0 Å². The molecule has 1 unspecified atom stereocenters. The molecule has 1 aliphatic carbocycles. The maximum Gasteiger partial charge on any atom is 0.0568 e. The third-order valence-corrected chi connectivity index (χ3v) is 3.15. The fourth-order valence-corrected chi connectivity index (χ4v) is 1.95.